The van der Waals surface area contributed by atoms with Gasteiger partial charge in [-0.1, -0.05) is 53.5 Å². The van der Waals surface area contributed by atoms with Gasteiger partial charge in [0.05, 0.1) is 33.2 Å². The van der Waals surface area contributed by atoms with Crippen LogP contribution in [0.25, 0.3) is 0 Å². The number of piperidine rings is 1. The quantitative estimate of drug-likeness (QED) is 0.118. The summed E-state index contributed by atoms with van der Waals surface area (Å²) in [6.45, 7) is 1.61. The van der Waals surface area contributed by atoms with E-state index in [1.54, 1.807) is 30.3 Å². The zero-order valence-corrected chi connectivity index (χ0v) is 29.4. The van der Waals surface area contributed by atoms with Crippen LogP contribution in [0.5, 0.6) is 11.5 Å². The number of para-hydroxylation sites is 2. The third kappa shape index (κ3) is 5.81. The van der Waals surface area contributed by atoms with Crippen molar-refractivity contribution in [1.29, 1.82) is 0 Å². The summed E-state index contributed by atoms with van der Waals surface area (Å²) in [5.41, 5.74) is 1.34. The highest BCUT2D eigenvalue weighted by molar-refractivity contribution is 7.52. The van der Waals surface area contributed by atoms with Gasteiger partial charge in [0, 0.05) is 23.8 Å². The van der Waals surface area contributed by atoms with Gasteiger partial charge >= 0.3 is 19.5 Å². The van der Waals surface area contributed by atoms with Gasteiger partial charge in [-0.05, 0) is 86.4 Å². The van der Waals surface area contributed by atoms with Crippen LogP contribution < -0.4 is 14.8 Å². The lowest BCUT2D eigenvalue weighted by Crippen LogP contribution is -2.77. The molecule has 4 N–H and O–H groups in total. The summed E-state index contributed by atoms with van der Waals surface area (Å²) in [4.78, 5) is 47.6. The van der Waals surface area contributed by atoms with Crippen LogP contribution >= 0.6 is 30.8 Å². The highest BCUT2D eigenvalue weighted by Crippen LogP contribution is 2.66. The summed E-state index contributed by atoms with van der Waals surface area (Å²) in [6, 6.07) is 15.9. The molecule has 3 aliphatic carbocycles. The molecule has 0 radical (unpaired) electrons. The maximum atomic E-state index is 13.6. The number of halogens is 2. The van der Waals surface area contributed by atoms with Crippen molar-refractivity contribution in [2.45, 2.75) is 74.2 Å². The number of carbonyl (C=O) groups is 2. The summed E-state index contributed by atoms with van der Waals surface area (Å²) in [7, 11) is -4.66. The van der Waals surface area contributed by atoms with Crippen molar-refractivity contribution in [3.05, 3.63) is 81.3 Å². The highest BCUT2D eigenvalue weighted by Gasteiger charge is 2.73. The molecule has 3 aromatic carbocycles. The van der Waals surface area contributed by atoms with Gasteiger partial charge in [-0.15, -0.1) is 0 Å². The van der Waals surface area contributed by atoms with E-state index in [1.165, 1.54) is 12.8 Å². The van der Waals surface area contributed by atoms with E-state index in [0.717, 1.165) is 17.7 Å². The molecule has 0 amide bonds. The molecule has 1 spiro atoms. The Hall–Kier alpha value is -3.15. The van der Waals surface area contributed by atoms with Crippen molar-refractivity contribution in [1.82, 2.24) is 4.90 Å². The maximum absolute atomic E-state index is 13.6. The summed E-state index contributed by atoms with van der Waals surface area (Å²) in [5, 5.41) is 16.9. The second-order valence-corrected chi connectivity index (χ2v) is 16.6. The fraction of sp³-hybridized carbons (Fsp3) is 0.444. The zero-order valence-electron chi connectivity index (χ0n) is 27.0. The van der Waals surface area contributed by atoms with Gasteiger partial charge < -0.3 is 34.4 Å². The molecule has 1 saturated heterocycles. The van der Waals surface area contributed by atoms with Crippen molar-refractivity contribution < 1.29 is 43.3 Å². The fourth-order valence-corrected chi connectivity index (χ4v) is 9.77. The van der Waals surface area contributed by atoms with Crippen molar-refractivity contribution >= 4 is 54.1 Å². The number of esters is 2. The van der Waals surface area contributed by atoms with Crippen LogP contribution in [-0.4, -0.2) is 74.8 Å². The molecular weight excluding hydrogens is 706 g/mol. The molecule has 264 valence electrons. The predicted molar refractivity (Wildman–Crippen MR) is 185 cm³/mol. The number of ether oxygens (including phenoxy) is 3. The van der Waals surface area contributed by atoms with Crippen LogP contribution in [0.3, 0.4) is 0 Å². The summed E-state index contributed by atoms with van der Waals surface area (Å²) in [6.07, 6.45) is 1.17. The first-order valence-electron chi connectivity index (χ1n) is 16.9. The molecule has 3 aromatic rings. The Morgan fingerprint density at radius 1 is 1.00 bits per heavy atom. The van der Waals surface area contributed by atoms with E-state index in [4.69, 9.17) is 37.4 Å². The third-order valence-electron chi connectivity index (χ3n) is 11.1. The smallest absolute Gasteiger partial charge is 0.336 e. The molecule has 2 unspecified atom stereocenters. The Bertz CT molecular complexity index is 1910. The van der Waals surface area contributed by atoms with Gasteiger partial charge in [-0.2, -0.15) is 0 Å². The highest BCUT2D eigenvalue weighted by atomic mass is 35.5. The van der Waals surface area contributed by atoms with Gasteiger partial charge in [-0.25, -0.2) is 0 Å². The van der Waals surface area contributed by atoms with E-state index < -0.39 is 48.9 Å². The molecule has 5 aliphatic rings. The van der Waals surface area contributed by atoms with E-state index in [-0.39, 0.29) is 24.6 Å². The normalized spacial score (nSPS) is 28.0. The number of carbonyl (C=O) groups excluding carboxylic acids is 2. The molecule has 5 atom stereocenters. The van der Waals surface area contributed by atoms with Gasteiger partial charge in [-0.3, -0.25) is 19.1 Å². The van der Waals surface area contributed by atoms with Crippen LogP contribution in [0.2, 0.25) is 10.0 Å². The summed E-state index contributed by atoms with van der Waals surface area (Å²) < 4.78 is 30.0. The van der Waals surface area contributed by atoms with Gasteiger partial charge in [0.25, 0.3) is 0 Å². The largest absolute Gasteiger partial charge is 0.481 e. The number of benzene rings is 3. The summed E-state index contributed by atoms with van der Waals surface area (Å²) in [5.74, 6) is -0.432. The predicted octanol–water partition coefficient (Wildman–Crippen LogP) is 5.54. The third-order valence-corrected chi connectivity index (χ3v) is 12.4. The maximum Gasteiger partial charge on any atom is 0.336 e. The molecule has 2 heterocycles. The van der Waals surface area contributed by atoms with Crippen LogP contribution in [0.15, 0.2) is 54.6 Å². The van der Waals surface area contributed by atoms with E-state index in [2.05, 4.69) is 10.2 Å². The topological polar surface area (TPSA) is 155 Å². The minimum atomic E-state index is -4.66. The zero-order chi connectivity index (χ0) is 35.0. The molecule has 2 aliphatic heterocycles. The number of hydrogen-bond donors (Lipinski definition) is 4. The Morgan fingerprint density at radius 3 is 2.50 bits per heavy atom. The molecule has 2 bridgehead atoms. The first kappa shape index (κ1) is 34.0. The fourth-order valence-electron chi connectivity index (χ4n) is 8.86. The number of rotatable bonds is 10. The minimum absolute atomic E-state index is 0.0961. The molecule has 11 nitrogen and oxygen atoms in total. The average Bonchev–Trinajstić information content (AvgIpc) is 3.79. The minimum Gasteiger partial charge on any atom is -0.481 e. The standard InChI is InChI=1S/C36H37Cl2N2O9P/c37-23-5-3-6-24(38)32(23)39-25-7-2-1-4-21(25)17-29(41)47-26-11-10-22-16-28-36(43)13-12-27(48-30(42)19-50(44,45)46)34-35(36,31(22)33(26)49-34)14-15-40(28)18-20-8-9-20/h1-7,10-11,20,27-28,34,39,43H,8-9,12-19H2,(H2,44,45,46)/t27?,28-,34?,35+,36-/m1/s1. The lowest BCUT2D eigenvalue weighted by Gasteiger charge is -2.64. The SMILES string of the molecule is O=C(Cc1ccccc1Nc1c(Cl)cccc1Cl)Oc1ccc2c3c1OC1C(OC(=O)CP(=O)(O)O)CC[C@@]4(O)[C@@H](C2)N(CC2CC2)CC[C@]314. The Labute approximate surface area is 299 Å². The second-order valence-electron chi connectivity index (χ2n) is 14.2. The first-order chi connectivity index (χ1) is 23.9. The molecule has 50 heavy (non-hydrogen) atoms. The number of hydrogen-bond acceptors (Lipinski definition) is 9. The Balaban J connectivity index is 1.11. The number of nitrogens with one attached hydrogen (secondary N) is 1. The van der Waals surface area contributed by atoms with E-state index in [0.29, 0.717) is 64.5 Å². The van der Waals surface area contributed by atoms with E-state index in [9.17, 15) is 29.0 Å². The Morgan fingerprint density at radius 2 is 1.76 bits per heavy atom. The number of nitrogens with zero attached hydrogens (tertiary/aromatic N) is 1. The van der Waals surface area contributed by atoms with Crippen LogP contribution in [0, 0.1) is 5.92 Å². The lowest BCUT2D eigenvalue weighted by atomic mass is 9.48. The van der Waals surface area contributed by atoms with Crippen molar-refractivity contribution in [3.8, 4) is 11.5 Å². The monoisotopic (exact) mass is 742 g/mol. The molecule has 14 heteroatoms. The average molecular weight is 744 g/mol. The molecule has 3 fully saturated rings. The number of likely N-dealkylation sites (tertiary alicyclic amines) is 1. The van der Waals surface area contributed by atoms with Crippen molar-refractivity contribution in [2.75, 3.05) is 24.6 Å². The second kappa shape index (κ2) is 12.5. The van der Waals surface area contributed by atoms with Crippen LogP contribution in [-0.2, 0) is 37.1 Å². The van der Waals surface area contributed by atoms with Crippen molar-refractivity contribution in [3.63, 3.8) is 0 Å². The molecule has 2 saturated carbocycles. The van der Waals surface area contributed by atoms with Gasteiger partial charge in [0.2, 0.25) is 0 Å². The molecular formula is C36H37Cl2N2O9P. The molecule has 0 aromatic heterocycles. The molecule has 8 rings (SSSR count). The Kier molecular flexibility index (Phi) is 8.50. The van der Waals surface area contributed by atoms with Gasteiger partial charge in [0.15, 0.2) is 11.5 Å². The van der Waals surface area contributed by atoms with Crippen LogP contribution in [0.1, 0.15) is 48.8 Å². The van der Waals surface area contributed by atoms with Gasteiger partial charge in [0.1, 0.15) is 18.4 Å². The van der Waals surface area contributed by atoms with E-state index >= 15 is 0 Å². The van der Waals surface area contributed by atoms with Crippen molar-refractivity contribution in [2.24, 2.45) is 5.92 Å². The lowest BCUT2D eigenvalue weighted by molar-refractivity contribution is -0.215. The first-order valence-corrected chi connectivity index (χ1v) is 19.4. The van der Waals surface area contributed by atoms with Crippen LogP contribution in [0.4, 0.5) is 11.4 Å². The summed E-state index contributed by atoms with van der Waals surface area (Å²) >= 11 is 12.8. The van der Waals surface area contributed by atoms with E-state index in [1.807, 2.05) is 24.3 Å². The number of anilines is 2. The number of aliphatic hydroxyl groups is 1.